The molecule has 1 atom stereocenters. The molecule has 0 spiro atoms. The summed E-state index contributed by atoms with van der Waals surface area (Å²) < 4.78 is 5.24. The number of benzene rings is 1. The highest BCUT2D eigenvalue weighted by Crippen LogP contribution is 2.28. The summed E-state index contributed by atoms with van der Waals surface area (Å²) in [6, 6.07) is 7.86. The summed E-state index contributed by atoms with van der Waals surface area (Å²) in [6.07, 6.45) is 5.59. The van der Waals surface area contributed by atoms with E-state index in [1.807, 2.05) is 24.3 Å². The lowest BCUT2D eigenvalue weighted by Gasteiger charge is -2.43. The zero-order valence-electron chi connectivity index (χ0n) is 14.7. The monoisotopic (exact) mass is 318 g/mol. The minimum Gasteiger partial charge on any atom is -0.497 e. The zero-order chi connectivity index (χ0) is 16.7. The second kappa shape index (κ2) is 8.34. The van der Waals surface area contributed by atoms with Crippen LogP contribution in [0.25, 0.3) is 0 Å². The Morgan fingerprint density at radius 2 is 2.22 bits per heavy atom. The number of ether oxygens (including phenoxy) is 1. The Balaban J connectivity index is 1.98. The summed E-state index contributed by atoms with van der Waals surface area (Å²) in [6.45, 7) is 6.89. The van der Waals surface area contributed by atoms with Crippen LogP contribution in [0.1, 0.15) is 51.5 Å². The third-order valence-corrected chi connectivity index (χ3v) is 4.90. The van der Waals surface area contributed by atoms with Gasteiger partial charge in [-0.05, 0) is 63.4 Å². The van der Waals surface area contributed by atoms with Crippen molar-refractivity contribution in [1.82, 2.24) is 10.2 Å². The smallest absolute Gasteiger partial charge is 0.240 e. The number of piperidine rings is 1. The van der Waals surface area contributed by atoms with Crippen LogP contribution in [0.2, 0.25) is 0 Å². The summed E-state index contributed by atoms with van der Waals surface area (Å²) >= 11 is 0. The van der Waals surface area contributed by atoms with Crippen LogP contribution < -0.4 is 10.1 Å². The van der Waals surface area contributed by atoms with Gasteiger partial charge in [0, 0.05) is 6.54 Å². The number of amides is 1. The van der Waals surface area contributed by atoms with Crippen molar-refractivity contribution in [1.29, 1.82) is 0 Å². The average Bonchev–Trinajstić information content (AvgIpc) is 2.59. The molecule has 1 aliphatic rings. The molecule has 1 amide bonds. The van der Waals surface area contributed by atoms with Crippen molar-refractivity contribution in [2.45, 2.75) is 58.0 Å². The molecule has 0 aliphatic carbocycles. The topological polar surface area (TPSA) is 41.6 Å². The molecule has 23 heavy (non-hydrogen) atoms. The van der Waals surface area contributed by atoms with E-state index >= 15 is 0 Å². The summed E-state index contributed by atoms with van der Waals surface area (Å²) in [4.78, 5) is 15.2. The molecule has 0 radical (unpaired) electrons. The Morgan fingerprint density at radius 1 is 1.39 bits per heavy atom. The van der Waals surface area contributed by atoms with Crippen LogP contribution in [0.4, 0.5) is 0 Å². The molecule has 1 N–H and O–H groups in total. The molecule has 2 rings (SSSR count). The lowest BCUT2D eigenvalue weighted by atomic mass is 9.87. The van der Waals surface area contributed by atoms with E-state index in [1.165, 1.54) is 6.42 Å². The predicted molar refractivity (Wildman–Crippen MR) is 93.6 cm³/mol. The Hall–Kier alpha value is -1.55. The number of methoxy groups -OCH3 is 1. The normalized spacial score (nSPS) is 21.9. The van der Waals surface area contributed by atoms with Gasteiger partial charge in [-0.15, -0.1) is 0 Å². The van der Waals surface area contributed by atoms with Gasteiger partial charge < -0.3 is 10.1 Å². The van der Waals surface area contributed by atoms with Gasteiger partial charge in [-0.25, -0.2) is 0 Å². The van der Waals surface area contributed by atoms with Gasteiger partial charge in [-0.1, -0.05) is 25.5 Å². The van der Waals surface area contributed by atoms with Crippen molar-refractivity contribution in [3.05, 3.63) is 29.8 Å². The summed E-state index contributed by atoms with van der Waals surface area (Å²) in [5, 5.41) is 3.13. The lowest BCUT2D eigenvalue weighted by Crippen LogP contribution is -2.59. The van der Waals surface area contributed by atoms with Crippen molar-refractivity contribution < 1.29 is 9.53 Å². The third kappa shape index (κ3) is 4.47. The fourth-order valence-electron chi connectivity index (χ4n) is 3.30. The first kappa shape index (κ1) is 17.8. The molecule has 1 saturated heterocycles. The van der Waals surface area contributed by atoms with E-state index < -0.39 is 0 Å². The van der Waals surface area contributed by atoms with Crippen LogP contribution in [-0.4, -0.2) is 36.5 Å². The maximum absolute atomic E-state index is 12.8. The Bertz CT molecular complexity index is 518. The number of likely N-dealkylation sites (tertiary alicyclic amines) is 1. The number of nitrogens with zero attached hydrogens (tertiary/aromatic N) is 1. The molecule has 1 aromatic rings. The number of unbranched alkanes of at least 4 members (excludes halogenated alkanes) is 1. The summed E-state index contributed by atoms with van der Waals surface area (Å²) in [5.74, 6) is 0.973. The number of carbonyl (C=O) groups is 1. The third-order valence-electron chi connectivity index (χ3n) is 4.90. The van der Waals surface area contributed by atoms with Gasteiger partial charge in [-0.2, -0.15) is 0 Å². The molecule has 1 unspecified atom stereocenters. The van der Waals surface area contributed by atoms with Crippen molar-refractivity contribution in [3.63, 3.8) is 0 Å². The molecule has 1 aliphatic heterocycles. The Kier molecular flexibility index (Phi) is 6.46. The average molecular weight is 318 g/mol. The minimum absolute atomic E-state index is 0.149. The molecule has 1 aromatic carbocycles. The Labute approximate surface area is 140 Å². The van der Waals surface area contributed by atoms with Crippen LogP contribution in [0.3, 0.4) is 0 Å². The molecule has 128 valence electrons. The fraction of sp³-hybridized carbons (Fsp3) is 0.632. The van der Waals surface area contributed by atoms with Gasteiger partial charge in [0.1, 0.15) is 5.75 Å². The van der Waals surface area contributed by atoms with Crippen LogP contribution >= 0.6 is 0 Å². The van der Waals surface area contributed by atoms with E-state index in [0.717, 1.165) is 50.1 Å². The number of rotatable bonds is 7. The van der Waals surface area contributed by atoms with Gasteiger partial charge >= 0.3 is 0 Å². The predicted octanol–water partition coefficient (Wildman–Crippen LogP) is 3.36. The van der Waals surface area contributed by atoms with E-state index in [2.05, 4.69) is 24.1 Å². The first-order valence-corrected chi connectivity index (χ1v) is 8.76. The second-order valence-electron chi connectivity index (χ2n) is 6.61. The van der Waals surface area contributed by atoms with Crippen molar-refractivity contribution in [2.75, 3.05) is 20.2 Å². The molecule has 4 heteroatoms. The Morgan fingerprint density at radius 3 is 2.96 bits per heavy atom. The first-order chi connectivity index (χ1) is 11.1. The van der Waals surface area contributed by atoms with Crippen molar-refractivity contribution >= 4 is 5.91 Å². The number of hydrogen-bond acceptors (Lipinski definition) is 3. The molecule has 4 nitrogen and oxygen atoms in total. The van der Waals surface area contributed by atoms with E-state index in [4.69, 9.17) is 4.74 Å². The largest absolute Gasteiger partial charge is 0.497 e. The van der Waals surface area contributed by atoms with Crippen LogP contribution in [0, 0.1) is 0 Å². The number of hydrogen-bond donors (Lipinski definition) is 1. The van der Waals surface area contributed by atoms with E-state index in [1.54, 1.807) is 7.11 Å². The maximum Gasteiger partial charge on any atom is 0.240 e. The maximum atomic E-state index is 12.8. The SMILES string of the molecule is CCCCN1CCCCC1(C)C(=O)NCc1cccc(OC)c1. The summed E-state index contributed by atoms with van der Waals surface area (Å²) in [7, 11) is 1.66. The molecular formula is C19H30N2O2. The van der Waals surface area contributed by atoms with Crippen LogP contribution in [0.5, 0.6) is 5.75 Å². The van der Waals surface area contributed by atoms with Gasteiger partial charge in [-0.3, -0.25) is 9.69 Å². The molecular weight excluding hydrogens is 288 g/mol. The van der Waals surface area contributed by atoms with Gasteiger partial charge in [0.2, 0.25) is 5.91 Å². The molecule has 0 saturated carbocycles. The zero-order valence-corrected chi connectivity index (χ0v) is 14.7. The van der Waals surface area contributed by atoms with Crippen LogP contribution in [-0.2, 0) is 11.3 Å². The highest BCUT2D eigenvalue weighted by Gasteiger charge is 2.40. The lowest BCUT2D eigenvalue weighted by molar-refractivity contribution is -0.135. The fourth-order valence-corrected chi connectivity index (χ4v) is 3.30. The van der Waals surface area contributed by atoms with E-state index in [0.29, 0.717) is 6.54 Å². The highest BCUT2D eigenvalue weighted by molar-refractivity contribution is 5.86. The second-order valence-corrected chi connectivity index (χ2v) is 6.61. The standard InChI is InChI=1S/C19H30N2O2/c1-4-5-12-21-13-7-6-11-19(21,2)18(22)20-15-16-9-8-10-17(14-16)23-3/h8-10,14H,4-7,11-13,15H2,1-3H3,(H,20,22). The van der Waals surface area contributed by atoms with E-state index in [-0.39, 0.29) is 11.4 Å². The molecule has 1 heterocycles. The number of carbonyl (C=O) groups excluding carboxylic acids is 1. The molecule has 0 aromatic heterocycles. The number of nitrogens with one attached hydrogen (secondary N) is 1. The van der Waals surface area contributed by atoms with E-state index in [9.17, 15) is 4.79 Å². The first-order valence-electron chi connectivity index (χ1n) is 8.76. The van der Waals surface area contributed by atoms with Gasteiger partial charge in [0.25, 0.3) is 0 Å². The molecule has 1 fully saturated rings. The van der Waals surface area contributed by atoms with Crippen molar-refractivity contribution in [2.24, 2.45) is 0 Å². The van der Waals surface area contributed by atoms with Gasteiger partial charge in [0.15, 0.2) is 0 Å². The minimum atomic E-state index is -0.369. The quantitative estimate of drug-likeness (QED) is 0.838. The van der Waals surface area contributed by atoms with Crippen molar-refractivity contribution in [3.8, 4) is 5.75 Å². The van der Waals surface area contributed by atoms with Crippen LogP contribution in [0.15, 0.2) is 24.3 Å². The highest BCUT2D eigenvalue weighted by atomic mass is 16.5. The molecule has 0 bridgehead atoms. The van der Waals surface area contributed by atoms with Gasteiger partial charge in [0.05, 0.1) is 12.6 Å². The summed E-state index contributed by atoms with van der Waals surface area (Å²) in [5.41, 5.74) is 0.698.